The lowest BCUT2D eigenvalue weighted by Gasteiger charge is -2.08. The largest absolute Gasteiger partial charge is 0.462 e. The van der Waals surface area contributed by atoms with Gasteiger partial charge in [-0.1, -0.05) is 12.1 Å². The van der Waals surface area contributed by atoms with E-state index in [9.17, 15) is 22.8 Å². The van der Waals surface area contributed by atoms with Crippen LogP contribution < -0.4 is 0 Å². The van der Waals surface area contributed by atoms with Crippen LogP contribution in [0.2, 0.25) is 0 Å². The monoisotopic (exact) mass is 286 g/mol. The van der Waals surface area contributed by atoms with Crippen molar-refractivity contribution in [2.45, 2.75) is 20.0 Å². The van der Waals surface area contributed by atoms with Crippen molar-refractivity contribution in [1.82, 2.24) is 0 Å². The van der Waals surface area contributed by atoms with Gasteiger partial charge in [0, 0.05) is 0 Å². The minimum atomic E-state index is -4.48. The van der Waals surface area contributed by atoms with E-state index in [-0.39, 0.29) is 17.7 Å². The Balaban J connectivity index is 3.18. The molecule has 0 aliphatic heterocycles. The highest BCUT2D eigenvalue weighted by Gasteiger charge is 2.30. The maximum Gasteiger partial charge on any atom is 0.416 e. The smallest absolute Gasteiger partial charge is 0.416 e. The van der Waals surface area contributed by atoms with E-state index in [4.69, 9.17) is 0 Å². The summed E-state index contributed by atoms with van der Waals surface area (Å²) in [5.41, 5.74) is -1.03. The number of Topliss-reactive ketones (excluding diaryl/α,β-unsaturated/α-hetero) is 1. The number of ether oxygens (including phenoxy) is 1. The Morgan fingerprint density at radius 2 is 1.95 bits per heavy atom. The first-order chi connectivity index (χ1) is 9.25. The van der Waals surface area contributed by atoms with Gasteiger partial charge in [-0.25, -0.2) is 4.79 Å². The Bertz CT molecular complexity index is 545. The zero-order valence-electron chi connectivity index (χ0n) is 11.0. The van der Waals surface area contributed by atoms with Crippen LogP contribution in [0.15, 0.2) is 29.8 Å². The summed E-state index contributed by atoms with van der Waals surface area (Å²) in [5, 5.41) is 0. The SMILES string of the molecule is CCOC(=O)/C(=C\c1cccc(C(F)(F)F)c1)C(C)=O. The molecule has 0 saturated heterocycles. The molecule has 0 fully saturated rings. The van der Waals surface area contributed by atoms with Gasteiger partial charge in [0.1, 0.15) is 5.57 Å². The number of benzene rings is 1. The van der Waals surface area contributed by atoms with Gasteiger partial charge in [-0.2, -0.15) is 13.2 Å². The number of carbonyl (C=O) groups is 2. The van der Waals surface area contributed by atoms with Crippen LogP contribution in [-0.4, -0.2) is 18.4 Å². The van der Waals surface area contributed by atoms with Crippen molar-refractivity contribution in [3.63, 3.8) is 0 Å². The maximum atomic E-state index is 12.6. The van der Waals surface area contributed by atoms with E-state index in [1.807, 2.05) is 0 Å². The van der Waals surface area contributed by atoms with Crippen molar-refractivity contribution in [2.75, 3.05) is 6.61 Å². The average Bonchev–Trinajstić information content (AvgIpc) is 2.35. The quantitative estimate of drug-likeness (QED) is 0.369. The zero-order chi connectivity index (χ0) is 15.3. The summed E-state index contributed by atoms with van der Waals surface area (Å²) < 4.78 is 42.4. The van der Waals surface area contributed by atoms with Crippen LogP contribution in [0.3, 0.4) is 0 Å². The van der Waals surface area contributed by atoms with E-state index in [0.717, 1.165) is 25.1 Å². The van der Waals surface area contributed by atoms with Gasteiger partial charge in [-0.3, -0.25) is 4.79 Å². The van der Waals surface area contributed by atoms with Gasteiger partial charge in [0.2, 0.25) is 0 Å². The van der Waals surface area contributed by atoms with Crippen LogP contribution in [-0.2, 0) is 20.5 Å². The van der Waals surface area contributed by atoms with Crippen LogP contribution in [0.25, 0.3) is 6.08 Å². The van der Waals surface area contributed by atoms with E-state index in [1.165, 1.54) is 12.1 Å². The molecule has 3 nitrogen and oxygen atoms in total. The minimum absolute atomic E-state index is 0.0754. The Morgan fingerprint density at radius 3 is 2.45 bits per heavy atom. The van der Waals surface area contributed by atoms with Crippen LogP contribution >= 0.6 is 0 Å². The third kappa shape index (κ3) is 4.22. The second-order valence-electron chi connectivity index (χ2n) is 3.96. The van der Waals surface area contributed by atoms with Crippen molar-refractivity contribution in [3.05, 3.63) is 41.0 Å². The van der Waals surface area contributed by atoms with Gasteiger partial charge in [-0.15, -0.1) is 0 Å². The van der Waals surface area contributed by atoms with E-state index >= 15 is 0 Å². The second-order valence-corrected chi connectivity index (χ2v) is 3.96. The van der Waals surface area contributed by atoms with E-state index < -0.39 is 23.5 Å². The number of esters is 1. The maximum absolute atomic E-state index is 12.6. The minimum Gasteiger partial charge on any atom is -0.462 e. The number of ketones is 1. The molecule has 0 aliphatic rings. The molecular formula is C14H13F3O3. The third-order valence-corrected chi connectivity index (χ3v) is 2.40. The first-order valence-electron chi connectivity index (χ1n) is 5.82. The van der Waals surface area contributed by atoms with Crippen LogP contribution in [0.5, 0.6) is 0 Å². The first kappa shape index (κ1) is 15.9. The normalized spacial score (nSPS) is 12.2. The molecule has 0 aromatic heterocycles. The van der Waals surface area contributed by atoms with Crippen molar-refractivity contribution in [1.29, 1.82) is 0 Å². The fourth-order valence-electron chi connectivity index (χ4n) is 1.48. The molecule has 0 radical (unpaired) electrons. The molecule has 1 rings (SSSR count). The second kappa shape index (κ2) is 6.36. The highest BCUT2D eigenvalue weighted by molar-refractivity contribution is 6.19. The predicted octanol–water partition coefficient (Wildman–Crippen LogP) is 3.24. The summed E-state index contributed by atoms with van der Waals surface area (Å²) in [6.07, 6.45) is -3.39. The lowest BCUT2D eigenvalue weighted by atomic mass is 10.1. The van der Waals surface area contributed by atoms with Crippen molar-refractivity contribution in [3.8, 4) is 0 Å². The molecule has 0 atom stereocenters. The summed E-state index contributed by atoms with van der Waals surface area (Å²) in [5.74, 6) is -1.42. The van der Waals surface area contributed by atoms with E-state index in [2.05, 4.69) is 4.74 Å². The molecule has 0 spiro atoms. The van der Waals surface area contributed by atoms with Crippen LogP contribution in [0.4, 0.5) is 13.2 Å². The summed E-state index contributed by atoms with van der Waals surface area (Å²) >= 11 is 0. The molecule has 108 valence electrons. The highest BCUT2D eigenvalue weighted by Crippen LogP contribution is 2.30. The molecule has 1 aromatic rings. The molecular weight excluding hydrogens is 273 g/mol. The van der Waals surface area contributed by atoms with Gasteiger partial charge < -0.3 is 4.74 Å². The van der Waals surface area contributed by atoms with Gasteiger partial charge in [-0.05, 0) is 37.6 Å². The summed E-state index contributed by atoms with van der Waals surface area (Å²) in [6, 6.07) is 4.35. The van der Waals surface area contributed by atoms with Crippen LogP contribution in [0, 0.1) is 0 Å². The molecule has 6 heteroatoms. The number of alkyl halides is 3. The number of rotatable bonds is 4. The summed E-state index contributed by atoms with van der Waals surface area (Å²) in [7, 11) is 0. The standard InChI is InChI=1S/C14H13F3O3/c1-3-20-13(19)12(9(2)18)8-10-5-4-6-11(7-10)14(15,16)17/h4-8H,3H2,1-2H3/b12-8-. The Hall–Kier alpha value is -2.11. The average molecular weight is 286 g/mol. The Labute approximate surface area is 114 Å². The number of halogens is 3. The molecule has 1 aromatic carbocycles. The highest BCUT2D eigenvalue weighted by atomic mass is 19.4. The predicted molar refractivity (Wildman–Crippen MR) is 66.7 cm³/mol. The topological polar surface area (TPSA) is 43.4 Å². The van der Waals surface area contributed by atoms with E-state index in [0.29, 0.717) is 0 Å². The van der Waals surface area contributed by atoms with Crippen molar-refractivity contribution in [2.24, 2.45) is 0 Å². The van der Waals surface area contributed by atoms with Gasteiger partial charge in [0.05, 0.1) is 12.2 Å². The van der Waals surface area contributed by atoms with Gasteiger partial charge >= 0.3 is 12.1 Å². The summed E-state index contributed by atoms with van der Waals surface area (Å²) in [4.78, 5) is 22.9. The fourth-order valence-corrected chi connectivity index (χ4v) is 1.48. The van der Waals surface area contributed by atoms with Crippen LogP contribution in [0.1, 0.15) is 25.0 Å². The van der Waals surface area contributed by atoms with Crippen molar-refractivity contribution < 1.29 is 27.5 Å². The first-order valence-corrected chi connectivity index (χ1v) is 5.82. The fraction of sp³-hybridized carbons (Fsp3) is 0.286. The van der Waals surface area contributed by atoms with Gasteiger partial charge in [0.25, 0.3) is 0 Å². The molecule has 0 bridgehead atoms. The molecule has 0 N–H and O–H groups in total. The van der Waals surface area contributed by atoms with E-state index in [1.54, 1.807) is 6.92 Å². The number of hydrogen-bond acceptors (Lipinski definition) is 3. The molecule has 0 aliphatic carbocycles. The molecule has 0 unspecified atom stereocenters. The lowest BCUT2D eigenvalue weighted by Crippen LogP contribution is -2.13. The molecule has 0 saturated carbocycles. The molecule has 20 heavy (non-hydrogen) atoms. The molecule has 0 heterocycles. The number of carbonyl (C=O) groups excluding carboxylic acids is 2. The van der Waals surface area contributed by atoms with Crippen molar-refractivity contribution >= 4 is 17.8 Å². The Morgan fingerprint density at radius 1 is 1.30 bits per heavy atom. The Kier molecular flexibility index (Phi) is 5.07. The number of hydrogen-bond donors (Lipinski definition) is 0. The summed E-state index contributed by atoms with van der Waals surface area (Å²) in [6.45, 7) is 2.79. The third-order valence-electron chi connectivity index (χ3n) is 2.40. The van der Waals surface area contributed by atoms with Gasteiger partial charge in [0.15, 0.2) is 5.78 Å². The zero-order valence-corrected chi connectivity index (χ0v) is 11.0. The molecule has 0 amide bonds. The lowest BCUT2D eigenvalue weighted by molar-refractivity contribution is -0.140.